The van der Waals surface area contributed by atoms with Crippen LogP contribution in [0.15, 0.2) is 0 Å². The summed E-state index contributed by atoms with van der Waals surface area (Å²) in [6, 6.07) is 1.41. The zero-order chi connectivity index (χ0) is 15.3. The van der Waals surface area contributed by atoms with E-state index in [1.165, 1.54) is 25.8 Å². The van der Waals surface area contributed by atoms with Crippen LogP contribution in [0, 0.1) is 23.7 Å². The molecule has 2 heteroatoms. The molecule has 1 fully saturated rings. The molecule has 1 aliphatic rings. The number of rotatable bonds is 7. The van der Waals surface area contributed by atoms with Crippen molar-refractivity contribution < 1.29 is 0 Å². The lowest BCUT2D eigenvalue weighted by Gasteiger charge is -2.43. The van der Waals surface area contributed by atoms with E-state index >= 15 is 0 Å². The Morgan fingerprint density at radius 1 is 1.15 bits per heavy atom. The zero-order valence-electron chi connectivity index (χ0n) is 14.9. The molecule has 0 spiro atoms. The molecular formula is C18H38N2. The highest BCUT2D eigenvalue weighted by Gasteiger charge is 2.34. The van der Waals surface area contributed by atoms with E-state index in [1.54, 1.807) is 0 Å². The normalized spacial score (nSPS) is 32.9. The highest BCUT2D eigenvalue weighted by atomic mass is 15.1. The first-order chi connectivity index (χ1) is 9.35. The van der Waals surface area contributed by atoms with Gasteiger partial charge in [-0.1, -0.05) is 34.6 Å². The first kappa shape index (κ1) is 18.0. The Balaban J connectivity index is 2.61. The largest absolute Gasteiger partial charge is 0.314 e. The molecule has 0 aromatic rings. The van der Waals surface area contributed by atoms with Crippen molar-refractivity contribution in [1.29, 1.82) is 0 Å². The minimum absolute atomic E-state index is 0.698. The Kier molecular flexibility index (Phi) is 7.53. The first-order valence-electron chi connectivity index (χ1n) is 8.78. The van der Waals surface area contributed by atoms with Crippen LogP contribution in [0.1, 0.15) is 60.8 Å². The standard InChI is InChI=1S/C18H38N2/c1-8-19-18-11-14(4)10-15(5)17(18)12-20(7)16(6)9-13(2)3/h13-19H,8-12H2,1-7H3. The van der Waals surface area contributed by atoms with Gasteiger partial charge >= 0.3 is 0 Å². The summed E-state index contributed by atoms with van der Waals surface area (Å²) in [5, 5.41) is 3.75. The van der Waals surface area contributed by atoms with Gasteiger partial charge in [-0.3, -0.25) is 0 Å². The van der Waals surface area contributed by atoms with Gasteiger partial charge in [-0.05, 0) is 63.5 Å². The molecular weight excluding hydrogens is 244 g/mol. The second-order valence-corrected chi connectivity index (χ2v) is 7.80. The van der Waals surface area contributed by atoms with Crippen LogP contribution in [-0.4, -0.2) is 37.1 Å². The lowest BCUT2D eigenvalue weighted by Crippen LogP contribution is -2.49. The minimum atomic E-state index is 0.698. The maximum Gasteiger partial charge on any atom is 0.0112 e. The molecule has 0 aliphatic heterocycles. The third kappa shape index (κ3) is 5.37. The summed E-state index contributed by atoms with van der Waals surface area (Å²) in [5.74, 6) is 3.33. The topological polar surface area (TPSA) is 15.3 Å². The smallest absolute Gasteiger partial charge is 0.0112 e. The van der Waals surface area contributed by atoms with E-state index in [0.717, 1.165) is 30.2 Å². The molecule has 1 saturated carbocycles. The molecule has 0 saturated heterocycles. The van der Waals surface area contributed by atoms with Crippen LogP contribution in [0.5, 0.6) is 0 Å². The molecule has 20 heavy (non-hydrogen) atoms. The molecule has 120 valence electrons. The van der Waals surface area contributed by atoms with E-state index in [0.29, 0.717) is 12.1 Å². The SMILES string of the molecule is CCNC1CC(C)CC(C)C1CN(C)C(C)CC(C)C. The molecule has 1 aliphatic carbocycles. The second kappa shape index (κ2) is 8.38. The number of nitrogens with one attached hydrogen (secondary N) is 1. The fraction of sp³-hybridized carbons (Fsp3) is 1.00. The zero-order valence-corrected chi connectivity index (χ0v) is 14.9. The van der Waals surface area contributed by atoms with Crippen LogP contribution in [0.4, 0.5) is 0 Å². The lowest BCUT2D eigenvalue weighted by atomic mass is 9.72. The molecule has 0 radical (unpaired) electrons. The van der Waals surface area contributed by atoms with E-state index in [1.807, 2.05) is 0 Å². The van der Waals surface area contributed by atoms with Gasteiger partial charge in [-0.2, -0.15) is 0 Å². The lowest BCUT2D eigenvalue weighted by molar-refractivity contribution is 0.0933. The molecule has 0 amide bonds. The molecule has 5 unspecified atom stereocenters. The summed E-state index contributed by atoms with van der Waals surface area (Å²) in [7, 11) is 2.32. The molecule has 0 aromatic heterocycles. The van der Waals surface area contributed by atoms with Gasteiger partial charge in [0.25, 0.3) is 0 Å². The Morgan fingerprint density at radius 3 is 2.35 bits per heavy atom. The van der Waals surface area contributed by atoms with Gasteiger partial charge in [0.1, 0.15) is 0 Å². The quantitative estimate of drug-likeness (QED) is 0.759. The highest BCUT2D eigenvalue weighted by Crippen LogP contribution is 2.34. The van der Waals surface area contributed by atoms with Crippen LogP contribution in [0.3, 0.4) is 0 Å². The van der Waals surface area contributed by atoms with Gasteiger partial charge in [0.15, 0.2) is 0 Å². The average Bonchev–Trinajstić information content (AvgIpc) is 2.32. The van der Waals surface area contributed by atoms with E-state index in [9.17, 15) is 0 Å². The molecule has 0 bridgehead atoms. The molecule has 0 aromatic carbocycles. The first-order valence-corrected chi connectivity index (χ1v) is 8.78. The van der Waals surface area contributed by atoms with Crippen LogP contribution in [0.25, 0.3) is 0 Å². The fourth-order valence-electron chi connectivity index (χ4n) is 4.09. The molecule has 2 nitrogen and oxygen atoms in total. The van der Waals surface area contributed by atoms with Crippen LogP contribution >= 0.6 is 0 Å². The van der Waals surface area contributed by atoms with Gasteiger partial charge in [0, 0.05) is 18.6 Å². The van der Waals surface area contributed by atoms with Crippen molar-refractivity contribution in [1.82, 2.24) is 10.2 Å². The Labute approximate surface area is 127 Å². The molecule has 0 heterocycles. The fourth-order valence-corrected chi connectivity index (χ4v) is 4.09. The predicted octanol–water partition coefficient (Wildman–Crippen LogP) is 4.01. The summed E-state index contributed by atoms with van der Waals surface area (Å²) in [6.45, 7) is 16.5. The van der Waals surface area contributed by atoms with E-state index in [-0.39, 0.29) is 0 Å². The van der Waals surface area contributed by atoms with Gasteiger partial charge in [0.2, 0.25) is 0 Å². The summed E-state index contributed by atoms with van der Waals surface area (Å²) >= 11 is 0. The van der Waals surface area contributed by atoms with Crippen molar-refractivity contribution in [2.24, 2.45) is 23.7 Å². The second-order valence-electron chi connectivity index (χ2n) is 7.80. The predicted molar refractivity (Wildman–Crippen MR) is 90.1 cm³/mol. The van der Waals surface area contributed by atoms with Crippen molar-refractivity contribution >= 4 is 0 Å². The van der Waals surface area contributed by atoms with E-state index in [4.69, 9.17) is 0 Å². The Morgan fingerprint density at radius 2 is 1.80 bits per heavy atom. The summed E-state index contributed by atoms with van der Waals surface area (Å²) < 4.78 is 0. The van der Waals surface area contributed by atoms with Crippen LogP contribution < -0.4 is 5.32 Å². The molecule has 1 N–H and O–H groups in total. The van der Waals surface area contributed by atoms with Crippen molar-refractivity contribution in [2.45, 2.75) is 72.9 Å². The van der Waals surface area contributed by atoms with Crippen LogP contribution in [-0.2, 0) is 0 Å². The minimum Gasteiger partial charge on any atom is -0.314 e. The van der Waals surface area contributed by atoms with Crippen molar-refractivity contribution in [2.75, 3.05) is 20.1 Å². The number of hydrogen-bond donors (Lipinski definition) is 1. The third-order valence-corrected chi connectivity index (χ3v) is 5.21. The monoisotopic (exact) mass is 282 g/mol. The number of hydrogen-bond acceptors (Lipinski definition) is 2. The van der Waals surface area contributed by atoms with E-state index < -0.39 is 0 Å². The summed E-state index contributed by atoms with van der Waals surface area (Å²) in [6.07, 6.45) is 4.06. The third-order valence-electron chi connectivity index (χ3n) is 5.21. The van der Waals surface area contributed by atoms with Crippen LogP contribution in [0.2, 0.25) is 0 Å². The maximum atomic E-state index is 3.75. The molecule has 1 rings (SSSR count). The molecule has 5 atom stereocenters. The van der Waals surface area contributed by atoms with Crippen molar-refractivity contribution in [3.8, 4) is 0 Å². The Hall–Kier alpha value is -0.0800. The van der Waals surface area contributed by atoms with Gasteiger partial charge in [-0.25, -0.2) is 0 Å². The van der Waals surface area contributed by atoms with Gasteiger partial charge in [-0.15, -0.1) is 0 Å². The van der Waals surface area contributed by atoms with E-state index in [2.05, 4.69) is 58.8 Å². The highest BCUT2D eigenvalue weighted by molar-refractivity contribution is 4.89. The van der Waals surface area contributed by atoms with Crippen molar-refractivity contribution in [3.05, 3.63) is 0 Å². The Bertz CT molecular complexity index is 264. The van der Waals surface area contributed by atoms with Gasteiger partial charge in [0.05, 0.1) is 0 Å². The summed E-state index contributed by atoms with van der Waals surface area (Å²) in [4.78, 5) is 2.60. The summed E-state index contributed by atoms with van der Waals surface area (Å²) in [5.41, 5.74) is 0. The maximum absolute atomic E-state index is 3.75. The average molecular weight is 283 g/mol. The number of nitrogens with zero attached hydrogens (tertiary/aromatic N) is 1. The van der Waals surface area contributed by atoms with Gasteiger partial charge < -0.3 is 10.2 Å². The van der Waals surface area contributed by atoms with Crippen molar-refractivity contribution in [3.63, 3.8) is 0 Å².